The summed E-state index contributed by atoms with van der Waals surface area (Å²) in [5, 5.41) is 10.7. The molecule has 88 valence electrons. The van der Waals surface area contributed by atoms with Crippen molar-refractivity contribution in [1.82, 2.24) is 0 Å². The normalized spacial score (nSPS) is 13.4. The van der Waals surface area contributed by atoms with Gasteiger partial charge in [-0.15, -0.1) is 0 Å². The van der Waals surface area contributed by atoms with Crippen LogP contribution in [-0.2, 0) is 14.3 Å². The van der Waals surface area contributed by atoms with Crippen LogP contribution in [0.2, 0.25) is 0 Å². The number of carbonyl (C=O) groups is 2. The van der Waals surface area contributed by atoms with Gasteiger partial charge in [-0.05, 0) is 32.1 Å². The Labute approximate surface area is 119 Å². The minimum atomic E-state index is -1.08. The van der Waals surface area contributed by atoms with Gasteiger partial charge in [0.15, 0.2) is 0 Å². The predicted molar refractivity (Wildman–Crippen MR) is 53.8 cm³/mol. The van der Waals surface area contributed by atoms with Crippen LogP contribution < -0.4 is 34.7 Å². The van der Waals surface area contributed by atoms with E-state index in [0.717, 1.165) is 0 Å². The quantitative estimate of drug-likeness (QED) is 0.371. The average Bonchev–Trinajstić information content (AvgIpc) is 2.19. The molecule has 0 N–H and O–H groups in total. The molecule has 0 heterocycles. The maximum absolute atomic E-state index is 11.4. The first-order valence-corrected chi connectivity index (χ1v) is 5.44. The van der Waals surface area contributed by atoms with Crippen LogP contribution in [0.3, 0.4) is 0 Å². The molecular formula is C11H19NaO4. The topological polar surface area (TPSA) is 66.4 Å². The number of carbonyl (C=O) groups excluding carboxylic acids is 2. The maximum Gasteiger partial charge on any atom is 1.00 e. The first-order chi connectivity index (χ1) is 7.06. The van der Waals surface area contributed by atoms with Crippen molar-refractivity contribution in [2.45, 2.75) is 40.0 Å². The van der Waals surface area contributed by atoms with Gasteiger partial charge >= 0.3 is 35.5 Å². The van der Waals surface area contributed by atoms with Crippen LogP contribution in [0.15, 0.2) is 0 Å². The molecule has 2 unspecified atom stereocenters. The van der Waals surface area contributed by atoms with E-state index < -0.39 is 11.9 Å². The number of carboxylic acid groups (broad SMARTS) is 1. The van der Waals surface area contributed by atoms with Gasteiger partial charge in [-0.25, -0.2) is 0 Å². The zero-order valence-electron chi connectivity index (χ0n) is 10.6. The summed E-state index contributed by atoms with van der Waals surface area (Å²) in [5.74, 6) is -2.27. The summed E-state index contributed by atoms with van der Waals surface area (Å²) < 4.78 is 4.87. The Morgan fingerprint density at radius 1 is 1.12 bits per heavy atom. The van der Waals surface area contributed by atoms with E-state index in [1.165, 1.54) is 0 Å². The van der Waals surface area contributed by atoms with Crippen LogP contribution in [0, 0.1) is 11.8 Å². The minimum absolute atomic E-state index is 0. The second-order valence-corrected chi connectivity index (χ2v) is 3.52. The van der Waals surface area contributed by atoms with Gasteiger partial charge in [0.1, 0.15) is 0 Å². The Morgan fingerprint density at radius 2 is 1.62 bits per heavy atom. The third kappa shape index (κ3) is 6.51. The first-order valence-electron chi connectivity index (χ1n) is 5.44. The van der Waals surface area contributed by atoms with Crippen LogP contribution in [0.1, 0.15) is 40.0 Å². The van der Waals surface area contributed by atoms with Crippen molar-refractivity contribution in [3.8, 4) is 0 Å². The molecule has 0 fully saturated rings. The van der Waals surface area contributed by atoms with Gasteiger partial charge in [0, 0.05) is 5.97 Å². The van der Waals surface area contributed by atoms with E-state index >= 15 is 0 Å². The third-order valence-electron chi connectivity index (χ3n) is 2.51. The Balaban J connectivity index is 0. The first kappa shape index (κ1) is 18.3. The molecule has 0 bridgehead atoms. The number of hydrogen-bond acceptors (Lipinski definition) is 4. The molecule has 5 heteroatoms. The number of ether oxygens (including phenoxy) is 1. The molecular weight excluding hydrogens is 219 g/mol. The van der Waals surface area contributed by atoms with Gasteiger partial charge < -0.3 is 14.6 Å². The average molecular weight is 238 g/mol. The molecule has 0 aliphatic heterocycles. The molecule has 0 aliphatic carbocycles. The predicted octanol–water partition coefficient (Wildman–Crippen LogP) is -2.25. The summed E-state index contributed by atoms with van der Waals surface area (Å²) in [7, 11) is 0. The molecule has 0 saturated heterocycles. The molecule has 0 amide bonds. The van der Waals surface area contributed by atoms with E-state index in [1.807, 2.05) is 6.92 Å². The molecule has 2 atom stereocenters. The van der Waals surface area contributed by atoms with Gasteiger partial charge in [-0.1, -0.05) is 13.8 Å². The minimum Gasteiger partial charge on any atom is -0.550 e. The van der Waals surface area contributed by atoms with Crippen molar-refractivity contribution in [1.29, 1.82) is 0 Å². The number of esters is 1. The SMILES string of the molecule is CCOC(=O)C(CC)CC(CC)C(=O)[O-].[Na+]. The molecule has 0 radical (unpaired) electrons. The number of rotatable bonds is 7. The summed E-state index contributed by atoms with van der Waals surface area (Å²) >= 11 is 0. The smallest absolute Gasteiger partial charge is 0.550 e. The standard InChI is InChI=1S/C11H20O4.Na/c1-4-8(10(12)13)7-9(5-2)11(14)15-6-3;/h8-9H,4-7H2,1-3H3,(H,12,13);/q;+1/p-1. The Kier molecular flexibility index (Phi) is 11.6. The van der Waals surface area contributed by atoms with Crippen LogP contribution >= 0.6 is 0 Å². The number of hydrogen-bond donors (Lipinski definition) is 0. The second-order valence-electron chi connectivity index (χ2n) is 3.52. The molecule has 0 rings (SSSR count). The fourth-order valence-corrected chi connectivity index (χ4v) is 1.46. The molecule has 0 aromatic carbocycles. The molecule has 0 aromatic rings. The van der Waals surface area contributed by atoms with E-state index in [-0.39, 0.29) is 41.4 Å². The van der Waals surface area contributed by atoms with Crippen molar-refractivity contribution in [2.24, 2.45) is 11.8 Å². The Bertz CT molecular complexity index is 218. The summed E-state index contributed by atoms with van der Waals surface area (Å²) in [6.07, 6.45) is 1.40. The van der Waals surface area contributed by atoms with Gasteiger partial charge in [-0.2, -0.15) is 0 Å². The maximum atomic E-state index is 11.4. The fraction of sp³-hybridized carbons (Fsp3) is 0.818. The van der Waals surface area contributed by atoms with Crippen LogP contribution in [0.25, 0.3) is 0 Å². The monoisotopic (exact) mass is 238 g/mol. The fourth-order valence-electron chi connectivity index (χ4n) is 1.46. The molecule has 4 nitrogen and oxygen atoms in total. The number of aliphatic carboxylic acids is 1. The summed E-state index contributed by atoms with van der Waals surface area (Å²) in [4.78, 5) is 22.1. The third-order valence-corrected chi connectivity index (χ3v) is 2.51. The van der Waals surface area contributed by atoms with E-state index in [1.54, 1.807) is 13.8 Å². The zero-order chi connectivity index (χ0) is 11.8. The Morgan fingerprint density at radius 3 is 1.94 bits per heavy atom. The van der Waals surface area contributed by atoms with Gasteiger partial charge in [0.05, 0.1) is 12.5 Å². The van der Waals surface area contributed by atoms with Crippen LogP contribution in [0.5, 0.6) is 0 Å². The second kappa shape index (κ2) is 10.1. The van der Waals surface area contributed by atoms with Crippen molar-refractivity contribution in [2.75, 3.05) is 6.61 Å². The summed E-state index contributed by atoms with van der Waals surface area (Å²) in [6, 6.07) is 0. The van der Waals surface area contributed by atoms with Crippen LogP contribution in [0.4, 0.5) is 0 Å². The summed E-state index contributed by atoms with van der Waals surface area (Å²) in [5.41, 5.74) is 0. The van der Waals surface area contributed by atoms with Gasteiger partial charge in [0.25, 0.3) is 0 Å². The Hall–Kier alpha value is -0.0600. The molecule has 16 heavy (non-hydrogen) atoms. The van der Waals surface area contributed by atoms with Crippen molar-refractivity contribution < 1.29 is 49.0 Å². The largest absolute Gasteiger partial charge is 1.00 e. The van der Waals surface area contributed by atoms with Crippen molar-refractivity contribution in [3.63, 3.8) is 0 Å². The number of carboxylic acids is 1. The molecule has 0 saturated carbocycles. The van der Waals surface area contributed by atoms with Crippen LogP contribution in [-0.4, -0.2) is 18.5 Å². The molecule has 0 aliphatic rings. The van der Waals surface area contributed by atoms with Crippen molar-refractivity contribution in [3.05, 3.63) is 0 Å². The van der Waals surface area contributed by atoms with E-state index in [0.29, 0.717) is 25.9 Å². The zero-order valence-corrected chi connectivity index (χ0v) is 12.6. The molecule has 0 spiro atoms. The van der Waals surface area contributed by atoms with E-state index in [2.05, 4.69) is 0 Å². The van der Waals surface area contributed by atoms with Crippen molar-refractivity contribution >= 4 is 11.9 Å². The molecule has 0 aromatic heterocycles. The van der Waals surface area contributed by atoms with E-state index in [9.17, 15) is 14.7 Å². The van der Waals surface area contributed by atoms with E-state index in [4.69, 9.17) is 4.74 Å². The van der Waals surface area contributed by atoms with Gasteiger partial charge in [-0.3, -0.25) is 4.79 Å². The summed E-state index contributed by atoms with van der Waals surface area (Å²) in [6.45, 7) is 5.69. The van der Waals surface area contributed by atoms with Gasteiger partial charge in [0.2, 0.25) is 0 Å².